The maximum atomic E-state index is 12.1. The fourth-order valence-electron chi connectivity index (χ4n) is 1.89. The predicted molar refractivity (Wildman–Crippen MR) is 64.6 cm³/mol. The summed E-state index contributed by atoms with van der Waals surface area (Å²) in [6.45, 7) is 3.41. The van der Waals surface area contributed by atoms with Gasteiger partial charge in [-0.05, 0) is 13.8 Å². The van der Waals surface area contributed by atoms with Crippen LogP contribution in [0.4, 0.5) is 0 Å². The van der Waals surface area contributed by atoms with Crippen LogP contribution in [0.1, 0.15) is 32.1 Å². The molecule has 0 aliphatic heterocycles. The molecule has 2 heterocycles. The Kier molecular flexibility index (Phi) is 2.86. The molecule has 0 bridgehead atoms. The molecule has 0 aromatic carbocycles. The Morgan fingerprint density at radius 1 is 0.889 bits per heavy atom. The van der Waals surface area contributed by atoms with E-state index >= 15 is 0 Å². The van der Waals surface area contributed by atoms with E-state index in [1.54, 1.807) is 40.3 Å². The van der Waals surface area contributed by atoms with Crippen LogP contribution < -0.4 is 0 Å². The first-order valence-corrected chi connectivity index (χ1v) is 5.49. The van der Waals surface area contributed by atoms with E-state index in [9.17, 15) is 9.59 Å². The minimum Gasteiger partial charge on any atom is -0.285 e. The fourth-order valence-corrected chi connectivity index (χ4v) is 1.89. The quantitative estimate of drug-likeness (QED) is 0.594. The van der Waals surface area contributed by atoms with E-state index in [0.29, 0.717) is 22.5 Å². The van der Waals surface area contributed by atoms with E-state index in [1.165, 1.54) is 9.36 Å². The lowest BCUT2D eigenvalue weighted by Gasteiger charge is -1.96. The van der Waals surface area contributed by atoms with Crippen LogP contribution in [0.15, 0.2) is 12.4 Å². The maximum absolute atomic E-state index is 12.1. The van der Waals surface area contributed by atoms with Gasteiger partial charge in [0.15, 0.2) is 0 Å². The molecule has 0 N–H and O–H groups in total. The standard InChI is InChI=1S/C12H14N4O2/c1-7-9(5-15(3)13-7)11(17)12(18)10-6-16(4)14-8(10)2/h5-6H,1-4H3. The molecule has 6 nitrogen and oxygen atoms in total. The van der Waals surface area contributed by atoms with Gasteiger partial charge in [-0.15, -0.1) is 0 Å². The molecule has 0 radical (unpaired) electrons. The summed E-state index contributed by atoms with van der Waals surface area (Å²) in [5.74, 6) is -1.09. The highest BCUT2D eigenvalue weighted by molar-refractivity contribution is 6.49. The second kappa shape index (κ2) is 4.21. The summed E-state index contributed by atoms with van der Waals surface area (Å²) in [5.41, 5.74) is 1.78. The van der Waals surface area contributed by atoms with Gasteiger partial charge in [-0.2, -0.15) is 10.2 Å². The molecule has 2 aromatic rings. The van der Waals surface area contributed by atoms with Crippen molar-refractivity contribution in [2.45, 2.75) is 13.8 Å². The van der Waals surface area contributed by atoms with Crippen LogP contribution in [0.25, 0.3) is 0 Å². The summed E-state index contributed by atoms with van der Waals surface area (Å²) in [5, 5.41) is 8.12. The molecule has 94 valence electrons. The van der Waals surface area contributed by atoms with Crippen molar-refractivity contribution < 1.29 is 9.59 Å². The molecule has 0 amide bonds. The summed E-state index contributed by atoms with van der Waals surface area (Å²) in [6, 6.07) is 0. The molecule has 0 unspecified atom stereocenters. The lowest BCUT2D eigenvalue weighted by atomic mass is 10.0. The average molecular weight is 246 g/mol. The van der Waals surface area contributed by atoms with E-state index in [-0.39, 0.29) is 0 Å². The van der Waals surface area contributed by atoms with Crippen molar-refractivity contribution >= 4 is 11.6 Å². The van der Waals surface area contributed by atoms with Crippen LogP contribution in [0.3, 0.4) is 0 Å². The molecule has 6 heteroatoms. The molecular weight excluding hydrogens is 232 g/mol. The van der Waals surface area contributed by atoms with Crippen molar-refractivity contribution in [3.63, 3.8) is 0 Å². The topological polar surface area (TPSA) is 69.8 Å². The van der Waals surface area contributed by atoms with E-state index in [1.807, 2.05) is 0 Å². The Balaban J connectivity index is 2.38. The van der Waals surface area contributed by atoms with Crippen LogP contribution in [0.2, 0.25) is 0 Å². The van der Waals surface area contributed by atoms with Crippen molar-refractivity contribution in [2.75, 3.05) is 0 Å². The third-order valence-electron chi connectivity index (χ3n) is 2.72. The number of hydrogen-bond donors (Lipinski definition) is 0. The van der Waals surface area contributed by atoms with Gasteiger partial charge >= 0.3 is 0 Å². The number of nitrogens with zero attached hydrogens (tertiary/aromatic N) is 4. The zero-order valence-electron chi connectivity index (χ0n) is 10.8. The number of aryl methyl sites for hydroxylation is 4. The van der Waals surface area contributed by atoms with Gasteiger partial charge in [-0.1, -0.05) is 0 Å². The van der Waals surface area contributed by atoms with Gasteiger partial charge in [0.1, 0.15) is 0 Å². The van der Waals surface area contributed by atoms with Crippen LogP contribution in [-0.2, 0) is 14.1 Å². The number of aromatic nitrogens is 4. The first kappa shape index (κ1) is 12.2. The second-order valence-electron chi connectivity index (χ2n) is 4.26. The Morgan fingerprint density at radius 3 is 1.44 bits per heavy atom. The van der Waals surface area contributed by atoms with Crippen molar-refractivity contribution in [1.82, 2.24) is 19.6 Å². The van der Waals surface area contributed by atoms with Gasteiger partial charge in [0, 0.05) is 26.5 Å². The lowest BCUT2D eigenvalue weighted by Crippen LogP contribution is -2.15. The Bertz CT molecular complexity index is 580. The first-order chi connectivity index (χ1) is 8.40. The van der Waals surface area contributed by atoms with Crippen molar-refractivity contribution in [2.24, 2.45) is 14.1 Å². The van der Waals surface area contributed by atoms with Crippen LogP contribution in [-0.4, -0.2) is 31.1 Å². The van der Waals surface area contributed by atoms with Crippen molar-refractivity contribution in [1.29, 1.82) is 0 Å². The smallest absolute Gasteiger partial charge is 0.237 e. The largest absolute Gasteiger partial charge is 0.285 e. The maximum Gasteiger partial charge on any atom is 0.237 e. The van der Waals surface area contributed by atoms with Gasteiger partial charge in [0.2, 0.25) is 11.6 Å². The summed E-state index contributed by atoms with van der Waals surface area (Å²) >= 11 is 0. The summed E-state index contributed by atoms with van der Waals surface area (Å²) in [6.07, 6.45) is 3.11. The number of rotatable bonds is 3. The third kappa shape index (κ3) is 1.97. The monoisotopic (exact) mass is 246 g/mol. The van der Waals surface area contributed by atoms with Crippen LogP contribution >= 0.6 is 0 Å². The number of ketones is 2. The van der Waals surface area contributed by atoms with Gasteiger partial charge in [-0.3, -0.25) is 19.0 Å². The lowest BCUT2D eigenvalue weighted by molar-refractivity contribution is 0.0816. The predicted octanol–water partition coefficient (Wildman–Crippen LogP) is 0.836. The van der Waals surface area contributed by atoms with Crippen LogP contribution in [0, 0.1) is 13.8 Å². The number of carbonyl (C=O) groups excluding carboxylic acids is 2. The summed E-state index contributed by atoms with van der Waals surface area (Å²) < 4.78 is 3.04. The average Bonchev–Trinajstić information content (AvgIpc) is 2.79. The second-order valence-corrected chi connectivity index (χ2v) is 4.26. The van der Waals surface area contributed by atoms with Gasteiger partial charge < -0.3 is 0 Å². The molecule has 0 saturated carbocycles. The number of carbonyl (C=O) groups is 2. The molecule has 2 aromatic heterocycles. The van der Waals surface area contributed by atoms with E-state index < -0.39 is 11.6 Å². The highest BCUT2D eigenvalue weighted by Gasteiger charge is 2.24. The summed E-state index contributed by atoms with van der Waals surface area (Å²) in [4.78, 5) is 24.2. The molecule has 0 aliphatic carbocycles. The van der Waals surface area contributed by atoms with Gasteiger partial charge in [0.25, 0.3) is 0 Å². The van der Waals surface area contributed by atoms with Crippen molar-refractivity contribution in [3.05, 3.63) is 34.9 Å². The highest BCUT2D eigenvalue weighted by atomic mass is 16.2. The number of Topliss-reactive ketones (excluding diaryl/α,β-unsaturated/α-hetero) is 2. The molecule has 2 rings (SSSR count). The highest BCUT2D eigenvalue weighted by Crippen LogP contribution is 2.12. The summed E-state index contributed by atoms with van der Waals surface area (Å²) in [7, 11) is 3.42. The van der Waals surface area contributed by atoms with Gasteiger partial charge in [0.05, 0.1) is 22.5 Å². The van der Waals surface area contributed by atoms with Gasteiger partial charge in [-0.25, -0.2) is 0 Å². The SMILES string of the molecule is Cc1nn(C)cc1C(=O)C(=O)c1cn(C)nc1C. The minimum atomic E-state index is -0.545. The zero-order valence-corrected chi connectivity index (χ0v) is 10.8. The Hall–Kier alpha value is -2.24. The molecule has 0 atom stereocenters. The molecular formula is C12H14N4O2. The van der Waals surface area contributed by atoms with E-state index in [2.05, 4.69) is 10.2 Å². The van der Waals surface area contributed by atoms with E-state index in [4.69, 9.17) is 0 Å². The van der Waals surface area contributed by atoms with E-state index in [0.717, 1.165) is 0 Å². The van der Waals surface area contributed by atoms with Crippen LogP contribution in [0.5, 0.6) is 0 Å². The minimum absolute atomic E-state index is 0.339. The Labute approximate surface area is 104 Å². The number of hydrogen-bond acceptors (Lipinski definition) is 4. The molecule has 0 saturated heterocycles. The molecule has 18 heavy (non-hydrogen) atoms. The molecule has 0 fully saturated rings. The van der Waals surface area contributed by atoms with Crippen molar-refractivity contribution in [3.8, 4) is 0 Å². The normalized spacial score (nSPS) is 10.7. The molecule has 0 spiro atoms. The third-order valence-corrected chi connectivity index (χ3v) is 2.72. The first-order valence-electron chi connectivity index (χ1n) is 5.49. The zero-order chi connectivity index (χ0) is 13.4. The molecule has 0 aliphatic rings. The Morgan fingerprint density at radius 2 is 1.22 bits per heavy atom. The fraction of sp³-hybridized carbons (Fsp3) is 0.333.